The van der Waals surface area contributed by atoms with Crippen molar-refractivity contribution in [1.29, 1.82) is 0 Å². The second kappa shape index (κ2) is 7.00. The van der Waals surface area contributed by atoms with Gasteiger partial charge in [0.1, 0.15) is 5.75 Å². The molecule has 0 amide bonds. The molecule has 0 bridgehead atoms. The third-order valence-electron chi connectivity index (χ3n) is 4.78. The van der Waals surface area contributed by atoms with Crippen LogP contribution in [0.1, 0.15) is 16.7 Å². The molecule has 0 N–H and O–H groups in total. The summed E-state index contributed by atoms with van der Waals surface area (Å²) in [6, 6.07) is 14.4. The first-order chi connectivity index (χ1) is 13.1. The number of anilines is 1. The summed E-state index contributed by atoms with van der Waals surface area (Å²) in [5, 5.41) is 0. The second-order valence-corrected chi connectivity index (χ2v) is 6.58. The van der Waals surface area contributed by atoms with Crippen molar-refractivity contribution < 1.29 is 4.74 Å². The minimum atomic E-state index is 0.809. The van der Waals surface area contributed by atoms with Crippen LogP contribution in [0.3, 0.4) is 0 Å². The first kappa shape index (κ1) is 16.9. The van der Waals surface area contributed by atoms with E-state index >= 15 is 0 Å². The third-order valence-corrected chi connectivity index (χ3v) is 4.78. The van der Waals surface area contributed by atoms with Gasteiger partial charge in [0.15, 0.2) is 0 Å². The molecule has 0 aromatic heterocycles. The maximum absolute atomic E-state index is 5.98. The van der Waals surface area contributed by atoms with Gasteiger partial charge in [0.2, 0.25) is 0 Å². The highest BCUT2D eigenvalue weighted by Gasteiger charge is 2.16. The van der Waals surface area contributed by atoms with Gasteiger partial charge in [0, 0.05) is 35.6 Å². The molecule has 2 aromatic rings. The summed E-state index contributed by atoms with van der Waals surface area (Å²) in [5.74, 6) is 0.809. The fraction of sp³-hybridized carbons (Fsp3) is 0.0400. The zero-order valence-electron chi connectivity index (χ0n) is 15.4. The van der Waals surface area contributed by atoms with E-state index in [2.05, 4.69) is 54.6 Å². The molecule has 0 unspecified atom stereocenters. The van der Waals surface area contributed by atoms with Gasteiger partial charge in [-0.05, 0) is 41.0 Å². The molecule has 27 heavy (non-hydrogen) atoms. The van der Waals surface area contributed by atoms with Crippen LogP contribution in [0.2, 0.25) is 0 Å². The monoisotopic (exact) mass is 351 g/mol. The van der Waals surface area contributed by atoms with Gasteiger partial charge in [-0.25, -0.2) is 0 Å². The molecule has 2 aromatic carbocycles. The smallest absolute Gasteiger partial charge is 0.142 e. The van der Waals surface area contributed by atoms with Crippen molar-refractivity contribution in [2.45, 2.75) is 0 Å². The Hall–Kier alpha value is -3.52. The predicted molar refractivity (Wildman–Crippen MR) is 115 cm³/mol. The number of ether oxygens (including phenoxy) is 1. The van der Waals surface area contributed by atoms with Crippen molar-refractivity contribution in [2.24, 2.45) is 0 Å². The summed E-state index contributed by atoms with van der Waals surface area (Å²) < 4.78 is 5.98. The quantitative estimate of drug-likeness (QED) is 0.604. The van der Waals surface area contributed by atoms with Crippen LogP contribution in [0, 0.1) is 0 Å². The number of para-hydroxylation sites is 2. The van der Waals surface area contributed by atoms with Crippen molar-refractivity contribution >= 4 is 22.4 Å². The van der Waals surface area contributed by atoms with E-state index < -0.39 is 0 Å². The largest absolute Gasteiger partial charge is 0.464 e. The molecule has 132 valence electrons. The van der Waals surface area contributed by atoms with E-state index in [1.807, 2.05) is 49.5 Å². The van der Waals surface area contributed by atoms with Gasteiger partial charge in [0.05, 0.1) is 6.26 Å². The lowest BCUT2D eigenvalue weighted by atomic mass is 9.93. The van der Waals surface area contributed by atoms with Gasteiger partial charge in [-0.1, -0.05) is 61.7 Å². The predicted octanol–water partition coefficient (Wildman–Crippen LogP) is 6.22. The van der Waals surface area contributed by atoms with Crippen LogP contribution >= 0.6 is 0 Å². The summed E-state index contributed by atoms with van der Waals surface area (Å²) >= 11 is 0. The molecule has 2 heteroatoms. The minimum Gasteiger partial charge on any atom is -0.464 e. The number of fused-ring (bicyclic) bond motifs is 2. The molecule has 4 rings (SSSR count). The molecular weight excluding hydrogens is 330 g/mol. The van der Waals surface area contributed by atoms with Crippen molar-refractivity contribution in [1.82, 2.24) is 0 Å². The van der Waals surface area contributed by atoms with Crippen LogP contribution in [0.25, 0.3) is 16.7 Å². The fourth-order valence-corrected chi connectivity index (χ4v) is 3.36. The van der Waals surface area contributed by atoms with Crippen molar-refractivity contribution in [3.05, 3.63) is 115 Å². The molecule has 0 atom stereocenters. The Morgan fingerprint density at radius 3 is 2.48 bits per heavy atom. The molecular formula is C25H21NO. The Morgan fingerprint density at radius 1 is 0.815 bits per heavy atom. The van der Waals surface area contributed by atoms with Gasteiger partial charge in [-0.3, -0.25) is 0 Å². The zero-order valence-corrected chi connectivity index (χ0v) is 15.4. The molecule has 2 heterocycles. The molecule has 0 aliphatic carbocycles. The molecule has 2 aliphatic heterocycles. The van der Waals surface area contributed by atoms with Gasteiger partial charge in [-0.15, -0.1) is 0 Å². The second-order valence-electron chi connectivity index (χ2n) is 6.58. The number of benzene rings is 2. The number of rotatable bonds is 1. The van der Waals surface area contributed by atoms with Gasteiger partial charge >= 0.3 is 0 Å². The van der Waals surface area contributed by atoms with E-state index in [0.717, 1.165) is 44.8 Å². The summed E-state index contributed by atoms with van der Waals surface area (Å²) in [7, 11) is 2.05. The number of hydrogen-bond acceptors (Lipinski definition) is 2. The first-order valence-corrected chi connectivity index (χ1v) is 8.89. The molecule has 0 radical (unpaired) electrons. The normalized spacial score (nSPS) is 21.2. The summed E-state index contributed by atoms with van der Waals surface area (Å²) in [6.07, 6.45) is 13.8. The molecule has 0 fully saturated rings. The maximum atomic E-state index is 5.98. The minimum absolute atomic E-state index is 0.809. The summed E-state index contributed by atoms with van der Waals surface area (Å²) in [6.45, 7) is 8.48. The van der Waals surface area contributed by atoms with E-state index in [9.17, 15) is 0 Å². The maximum Gasteiger partial charge on any atom is 0.142 e. The molecule has 2 nitrogen and oxygen atoms in total. The van der Waals surface area contributed by atoms with Gasteiger partial charge in [0.25, 0.3) is 0 Å². The SMILES string of the molecule is C=C1/C=C(c2cccc3c2O/C=C\C=C/C3=C)\C=C/N(C)c2ccccc21. The van der Waals surface area contributed by atoms with E-state index in [-0.39, 0.29) is 0 Å². The highest BCUT2D eigenvalue weighted by molar-refractivity contribution is 5.94. The molecule has 0 spiro atoms. The molecule has 0 saturated carbocycles. The topological polar surface area (TPSA) is 12.5 Å². The zero-order chi connectivity index (χ0) is 18.8. The Morgan fingerprint density at radius 2 is 1.59 bits per heavy atom. The first-order valence-electron chi connectivity index (χ1n) is 8.89. The Labute approximate surface area is 160 Å². The van der Waals surface area contributed by atoms with Crippen molar-refractivity contribution in [3.63, 3.8) is 0 Å². The van der Waals surface area contributed by atoms with E-state index in [4.69, 9.17) is 4.74 Å². The average molecular weight is 351 g/mol. The lowest BCUT2D eigenvalue weighted by Crippen LogP contribution is -2.11. The summed E-state index contributed by atoms with van der Waals surface area (Å²) in [4.78, 5) is 2.11. The number of hydrogen-bond donors (Lipinski definition) is 0. The molecule has 0 saturated heterocycles. The lowest BCUT2D eigenvalue weighted by Gasteiger charge is -2.22. The Balaban J connectivity index is 1.88. The number of nitrogens with zero attached hydrogens (tertiary/aromatic N) is 1. The van der Waals surface area contributed by atoms with Crippen LogP contribution in [0.5, 0.6) is 5.75 Å². The summed E-state index contributed by atoms with van der Waals surface area (Å²) in [5.41, 5.74) is 7.19. The van der Waals surface area contributed by atoms with Gasteiger partial charge < -0.3 is 9.64 Å². The van der Waals surface area contributed by atoms with Crippen molar-refractivity contribution in [3.8, 4) is 5.75 Å². The Bertz CT molecular complexity index is 1050. The Kier molecular flexibility index (Phi) is 4.39. The van der Waals surface area contributed by atoms with E-state index in [1.165, 1.54) is 0 Å². The lowest BCUT2D eigenvalue weighted by molar-refractivity contribution is 0.478. The van der Waals surface area contributed by atoms with Crippen LogP contribution in [0.15, 0.2) is 98.5 Å². The van der Waals surface area contributed by atoms with Crippen molar-refractivity contribution in [2.75, 3.05) is 11.9 Å². The fourth-order valence-electron chi connectivity index (χ4n) is 3.36. The van der Waals surface area contributed by atoms with Gasteiger partial charge in [-0.2, -0.15) is 0 Å². The standard InChI is InChI=1S/C25H21NO/c1-18-9-6-7-16-27-25-22(18)11-8-12-23(25)20-14-15-26(3)24-13-5-4-10-21(24)19(2)17-20/h4-17H,1-2H2,3H3/b9-6-,15-14-,16-7-,20-17+. The van der Waals surface area contributed by atoms with Crippen LogP contribution < -0.4 is 9.64 Å². The van der Waals surface area contributed by atoms with Crippen LogP contribution in [-0.2, 0) is 0 Å². The molecule has 2 aliphatic rings. The van der Waals surface area contributed by atoms with Crippen LogP contribution in [0.4, 0.5) is 5.69 Å². The van der Waals surface area contributed by atoms with E-state index in [0.29, 0.717) is 0 Å². The average Bonchev–Trinajstić information content (AvgIpc) is 2.67. The number of allylic oxidation sites excluding steroid dienone is 8. The van der Waals surface area contributed by atoms with Crippen LogP contribution in [-0.4, -0.2) is 7.05 Å². The highest BCUT2D eigenvalue weighted by Crippen LogP contribution is 2.38. The highest BCUT2D eigenvalue weighted by atomic mass is 16.5. The third kappa shape index (κ3) is 3.18. The van der Waals surface area contributed by atoms with E-state index in [1.54, 1.807) is 6.26 Å².